The summed E-state index contributed by atoms with van der Waals surface area (Å²) >= 11 is 0. The van der Waals surface area contributed by atoms with Crippen molar-refractivity contribution in [3.63, 3.8) is 0 Å². The Hall–Kier alpha value is -3.02. The van der Waals surface area contributed by atoms with Gasteiger partial charge in [0.25, 0.3) is 0 Å². The number of carbonyl (C=O) groups is 4. The lowest BCUT2D eigenvalue weighted by Crippen LogP contribution is -2.40. The van der Waals surface area contributed by atoms with Crippen LogP contribution in [-0.2, 0) is 19.1 Å². The Balaban J connectivity index is 1.94. The Labute approximate surface area is 175 Å². The second-order valence-electron chi connectivity index (χ2n) is 7.94. The quantitative estimate of drug-likeness (QED) is 0.306. The lowest BCUT2D eigenvalue weighted by Gasteiger charge is -2.27. The first-order chi connectivity index (χ1) is 14.3. The number of esters is 2. The molecule has 0 saturated heterocycles. The maximum absolute atomic E-state index is 13.3. The molecule has 0 N–H and O–H groups in total. The Morgan fingerprint density at radius 3 is 1.30 bits per heavy atom. The number of benzene rings is 1. The van der Waals surface area contributed by atoms with Gasteiger partial charge in [-0.25, -0.2) is 0 Å². The largest absolute Gasteiger partial charge is 0.468 e. The summed E-state index contributed by atoms with van der Waals surface area (Å²) in [5.41, 5.74) is -1.09. The van der Waals surface area contributed by atoms with E-state index in [0.29, 0.717) is 49.7 Å². The third kappa shape index (κ3) is 3.02. The van der Waals surface area contributed by atoms with Gasteiger partial charge in [0.1, 0.15) is 0 Å². The molecule has 3 rings (SSSR count). The number of carbonyl (C=O) groups excluding carboxylic acids is 4. The van der Waals surface area contributed by atoms with Crippen molar-refractivity contribution in [2.45, 2.75) is 38.5 Å². The molecule has 0 aliphatic heterocycles. The van der Waals surface area contributed by atoms with Crippen LogP contribution in [0.25, 0.3) is 0 Å². The van der Waals surface area contributed by atoms with Crippen LogP contribution in [0, 0.1) is 10.8 Å². The molecular formula is C24H26O6. The summed E-state index contributed by atoms with van der Waals surface area (Å²) < 4.78 is 9.82. The molecular weight excluding hydrogens is 384 g/mol. The van der Waals surface area contributed by atoms with E-state index in [-0.39, 0.29) is 22.7 Å². The van der Waals surface area contributed by atoms with Gasteiger partial charge in [-0.1, -0.05) is 48.6 Å². The van der Waals surface area contributed by atoms with Crippen LogP contribution < -0.4 is 0 Å². The number of ketones is 2. The molecule has 0 aromatic heterocycles. The Bertz CT molecular complexity index is 864. The SMILES string of the molecule is C=C1CCCC1(C(=O)OC)C(=O)c1ccc(C(=O)C2(C(=O)OC)CCCC2=C)cc1. The van der Waals surface area contributed by atoms with Gasteiger partial charge < -0.3 is 9.47 Å². The lowest BCUT2D eigenvalue weighted by molar-refractivity contribution is -0.148. The molecule has 2 aliphatic rings. The van der Waals surface area contributed by atoms with E-state index in [1.165, 1.54) is 38.5 Å². The monoisotopic (exact) mass is 410 g/mol. The fraction of sp³-hybridized carbons (Fsp3) is 0.417. The lowest BCUT2D eigenvalue weighted by atomic mass is 9.74. The summed E-state index contributed by atoms with van der Waals surface area (Å²) in [6.45, 7) is 7.86. The minimum atomic E-state index is -1.38. The van der Waals surface area contributed by atoms with Crippen LogP contribution in [0.4, 0.5) is 0 Å². The molecule has 6 heteroatoms. The summed E-state index contributed by atoms with van der Waals surface area (Å²) in [6, 6.07) is 6.03. The standard InChI is InChI=1S/C24H26O6/c1-15-7-5-13-23(15,21(27)29-3)19(25)17-9-11-18(12-10-17)20(26)24(22(28)30-4)14-6-8-16(24)2/h9-12H,1-2,5-8,13-14H2,3-4H3. The highest BCUT2D eigenvalue weighted by Gasteiger charge is 2.53. The molecule has 2 aliphatic carbocycles. The number of hydrogen-bond acceptors (Lipinski definition) is 6. The second kappa shape index (κ2) is 8.01. The third-order valence-electron chi connectivity index (χ3n) is 6.52. The minimum Gasteiger partial charge on any atom is -0.468 e. The fourth-order valence-corrected chi connectivity index (χ4v) is 4.75. The van der Waals surface area contributed by atoms with Crippen molar-refractivity contribution in [3.05, 3.63) is 59.7 Å². The average Bonchev–Trinajstić information content (AvgIpc) is 3.35. The van der Waals surface area contributed by atoms with Crippen LogP contribution in [0.5, 0.6) is 0 Å². The summed E-state index contributed by atoms with van der Waals surface area (Å²) in [7, 11) is 2.51. The van der Waals surface area contributed by atoms with E-state index in [4.69, 9.17) is 9.47 Å². The molecule has 2 fully saturated rings. The average molecular weight is 410 g/mol. The highest BCUT2D eigenvalue weighted by molar-refractivity contribution is 6.17. The summed E-state index contributed by atoms with van der Waals surface area (Å²) in [5, 5.41) is 0. The number of ether oxygens (including phenoxy) is 2. The molecule has 0 spiro atoms. The van der Waals surface area contributed by atoms with Crippen molar-refractivity contribution in [2.75, 3.05) is 14.2 Å². The Kier molecular flexibility index (Phi) is 5.79. The first-order valence-corrected chi connectivity index (χ1v) is 9.98. The minimum absolute atomic E-state index is 0.289. The van der Waals surface area contributed by atoms with E-state index < -0.39 is 22.8 Å². The molecule has 158 valence electrons. The van der Waals surface area contributed by atoms with Crippen molar-refractivity contribution < 1.29 is 28.7 Å². The highest BCUT2D eigenvalue weighted by Crippen LogP contribution is 2.47. The van der Waals surface area contributed by atoms with Crippen LogP contribution in [0.3, 0.4) is 0 Å². The number of rotatable bonds is 6. The van der Waals surface area contributed by atoms with Gasteiger partial charge in [-0.15, -0.1) is 0 Å². The molecule has 30 heavy (non-hydrogen) atoms. The maximum atomic E-state index is 13.3. The zero-order chi connectivity index (χ0) is 22.1. The van der Waals surface area contributed by atoms with Crippen LogP contribution >= 0.6 is 0 Å². The predicted molar refractivity (Wildman–Crippen MR) is 110 cm³/mol. The normalized spacial score (nSPS) is 25.8. The van der Waals surface area contributed by atoms with E-state index in [1.54, 1.807) is 0 Å². The second-order valence-corrected chi connectivity index (χ2v) is 7.94. The Morgan fingerprint density at radius 2 is 1.07 bits per heavy atom. The highest BCUT2D eigenvalue weighted by atomic mass is 16.5. The van der Waals surface area contributed by atoms with Crippen molar-refractivity contribution in [1.29, 1.82) is 0 Å². The molecule has 0 bridgehead atoms. The number of methoxy groups -OCH3 is 2. The molecule has 2 atom stereocenters. The summed E-state index contributed by atoms with van der Waals surface area (Å²) in [4.78, 5) is 51.5. The van der Waals surface area contributed by atoms with Crippen LogP contribution in [0.1, 0.15) is 59.2 Å². The summed E-state index contributed by atoms with van der Waals surface area (Å²) in [6.07, 6.45) is 3.23. The van der Waals surface area contributed by atoms with E-state index in [0.717, 1.165) is 0 Å². The van der Waals surface area contributed by atoms with Crippen molar-refractivity contribution in [2.24, 2.45) is 10.8 Å². The number of Topliss-reactive ketones (excluding diaryl/α,β-unsaturated/α-hetero) is 2. The third-order valence-corrected chi connectivity index (χ3v) is 6.52. The Morgan fingerprint density at radius 1 is 0.733 bits per heavy atom. The van der Waals surface area contributed by atoms with Gasteiger partial charge in [0.15, 0.2) is 22.4 Å². The molecule has 1 aromatic rings. The molecule has 2 unspecified atom stereocenters. The van der Waals surface area contributed by atoms with E-state index in [1.807, 2.05) is 0 Å². The molecule has 6 nitrogen and oxygen atoms in total. The van der Waals surface area contributed by atoms with Gasteiger partial charge in [0, 0.05) is 11.1 Å². The van der Waals surface area contributed by atoms with Crippen LogP contribution in [0.2, 0.25) is 0 Å². The van der Waals surface area contributed by atoms with Gasteiger partial charge in [-0.3, -0.25) is 19.2 Å². The zero-order valence-corrected chi connectivity index (χ0v) is 17.4. The van der Waals surface area contributed by atoms with Crippen molar-refractivity contribution >= 4 is 23.5 Å². The fourth-order valence-electron chi connectivity index (χ4n) is 4.75. The topological polar surface area (TPSA) is 86.7 Å². The van der Waals surface area contributed by atoms with Crippen LogP contribution in [-0.4, -0.2) is 37.7 Å². The number of hydrogen-bond donors (Lipinski definition) is 0. The van der Waals surface area contributed by atoms with Gasteiger partial charge in [-0.2, -0.15) is 0 Å². The molecule has 0 heterocycles. The molecule has 1 aromatic carbocycles. The van der Waals surface area contributed by atoms with E-state index in [2.05, 4.69) is 13.2 Å². The van der Waals surface area contributed by atoms with E-state index >= 15 is 0 Å². The van der Waals surface area contributed by atoms with Crippen molar-refractivity contribution in [3.8, 4) is 0 Å². The van der Waals surface area contributed by atoms with Gasteiger partial charge in [-0.05, 0) is 38.5 Å². The van der Waals surface area contributed by atoms with Gasteiger partial charge >= 0.3 is 11.9 Å². The van der Waals surface area contributed by atoms with Crippen LogP contribution in [0.15, 0.2) is 48.6 Å². The smallest absolute Gasteiger partial charge is 0.323 e. The maximum Gasteiger partial charge on any atom is 0.323 e. The first-order valence-electron chi connectivity index (χ1n) is 9.98. The van der Waals surface area contributed by atoms with Gasteiger partial charge in [0.2, 0.25) is 0 Å². The molecule has 2 saturated carbocycles. The predicted octanol–water partition coefficient (Wildman–Crippen LogP) is 3.85. The summed E-state index contributed by atoms with van der Waals surface area (Å²) in [5.74, 6) is -1.99. The molecule has 0 radical (unpaired) electrons. The first kappa shape index (κ1) is 21.7. The zero-order valence-electron chi connectivity index (χ0n) is 17.4. The van der Waals surface area contributed by atoms with Crippen molar-refractivity contribution in [1.82, 2.24) is 0 Å². The van der Waals surface area contributed by atoms with Gasteiger partial charge in [0.05, 0.1) is 14.2 Å². The van der Waals surface area contributed by atoms with E-state index in [9.17, 15) is 19.2 Å². The molecule has 0 amide bonds.